The molecule has 0 unspecified atom stereocenters. The standard InChI is InChI=1S/C19H20N4O2/c1-2-3-7-10-23-18-13(11-21-23)15(20)14-16(22-18)17(25-19(14)24)12-8-5-4-6-9-12/h4-6,8-9,11,21H,2-3,7,10,20H2,1H3. The first-order valence-electron chi connectivity index (χ1n) is 8.56. The van der Waals surface area contributed by atoms with E-state index < -0.39 is 5.63 Å². The molecule has 0 aliphatic carbocycles. The van der Waals surface area contributed by atoms with E-state index in [-0.39, 0.29) is 0 Å². The number of nitrogen functional groups attached to an aromatic ring is 1. The van der Waals surface area contributed by atoms with Gasteiger partial charge in [-0.25, -0.2) is 9.78 Å². The molecular weight excluding hydrogens is 316 g/mol. The van der Waals surface area contributed by atoms with Crippen LogP contribution in [0.3, 0.4) is 0 Å². The fourth-order valence-electron chi connectivity index (χ4n) is 3.19. The zero-order chi connectivity index (χ0) is 17.4. The zero-order valence-electron chi connectivity index (χ0n) is 14.1. The Morgan fingerprint density at radius 2 is 2.04 bits per heavy atom. The summed E-state index contributed by atoms with van der Waals surface area (Å²) in [4.78, 5) is 17.1. The normalized spacial score (nSPS) is 11.6. The maximum Gasteiger partial charge on any atom is 0.348 e. The van der Waals surface area contributed by atoms with Gasteiger partial charge in [0.1, 0.15) is 10.9 Å². The van der Waals surface area contributed by atoms with Gasteiger partial charge in [-0.05, 0) is 6.42 Å². The molecule has 0 saturated heterocycles. The Morgan fingerprint density at radius 3 is 2.80 bits per heavy atom. The summed E-state index contributed by atoms with van der Waals surface area (Å²) in [6.07, 6.45) is 5.16. The molecule has 4 aromatic rings. The van der Waals surface area contributed by atoms with Gasteiger partial charge in [-0.15, -0.1) is 0 Å². The quantitative estimate of drug-likeness (QED) is 0.541. The number of aromatic amines is 1. The van der Waals surface area contributed by atoms with E-state index in [0.29, 0.717) is 22.4 Å². The van der Waals surface area contributed by atoms with Crippen molar-refractivity contribution in [3.63, 3.8) is 0 Å². The van der Waals surface area contributed by atoms with Crippen LogP contribution in [-0.2, 0) is 6.54 Å². The van der Waals surface area contributed by atoms with Crippen LogP contribution in [0.4, 0.5) is 5.69 Å². The first kappa shape index (κ1) is 15.5. The lowest BCUT2D eigenvalue weighted by molar-refractivity contribution is 0.548. The van der Waals surface area contributed by atoms with Crippen LogP contribution in [0.2, 0.25) is 0 Å². The minimum absolute atomic E-state index is 0.353. The van der Waals surface area contributed by atoms with Gasteiger partial charge in [0, 0.05) is 18.3 Å². The van der Waals surface area contributed by atoms with Gasteiger partial charge in [0.05, 0.1) is 11.1 Å². The number of H-pyrrole nitrogens is 1. The van der Waals surface area contributed by atoms with Gasteiger partial charge in [-0.2, -0.15) is 0 Å². The highest BCUT2D eigenvalue weighted by atomic mass is 16.4. The van der Waals surface area contributed by atoms with Crippen molar-refractivity contribution in [1.29, 1.82) is 0 Å². The summed E-state index contributed by atoms with van der Waals surface area (Å²) in [5.41, 5.74) is 8.34. The number of aromatic nitrogens is 3. The second-order valence-corrected chi connectivity index (χ2v) is 6.20. The van der Waals surface area contributed by atoms with Crippen molar-refractivity contribution < 1.29 is 4.42 Å². The molecule has 0 amide bonds. The monoisotopic (exact) mass is 336 g/mol. The van der Waals surface area contributed by atoms with Gasteiger partial charge in [-0.3, -0.25) is 4.68 Å². The Balaban J connectivity index is 1.95. The molecular formula is C19H20N4O2. The molecule has 0 radical (unpaired) electrons. The molecule has 0 aliphatic rings. The van der Waals surface area contributed by atoms with E-state index in [1.165, 1.54) is 0 Å². The molecule has 6 heteroatoms. The smallest absolute Gasteiger partial charge is 0.348 e. The average Bonchev–Trinajstić information content (AvgIpc) is 3.18. The van der Waals surface area contributed by atoms with Crippen LogP contribution in [-0.4, -0.2) is 14.8 Å². The van der Waals surface area contributed by atoms with Crippen LogP contribution in [0.25, 0.3) is 33.3 Å². The summed E-state index contributed by atoms with van der Waals surface area (Å²) >= 11 is 0. The number of pyridine rings is 1. The number of rotatable bonds is 5. The average molecular weight is 336 g/mol. The molecule has 6 nitrogen and oxygen atoms in total. The fraction of sp³-hybridized carbons (Fsp3) is 0.263. The van der Waals surface area contributed by atoms with Crippen LogP contribution in [0.5, 0.6) is 0 Å². The molecule has 0 aliphatic heterocycles. The number of anilines is 1. The molecule has 0 spiro atoms. The molecule has 1 aromatic carbocycles. The van der Waals surface area contributed by atoms with Crippen molar-refractivity contribution in [3.05, 3.63) is 46.9 Å². The molecule has 0 bridgehead atoms. The van der Waals surface area contributed by atoms with Crippen molar-refractivity contribution in [2.24, 2.45) is 0 Å². The number of furan rings is 1. The molecule has 3 N–H and O–H groups in total. The number of unbranched alkanes of at least 4 members (excludes halogenated alkanes) is 2. The van der Waals surface area contributed by atoms with Crippen molar-refractivity contribution in [2.45, 2.75) is 32.7 Å². The molecule has 3 heterocycles. The first-order chi connectivity index (χ1) is 12.2. The van der Waals surface area contributed by atoms with E-state index in [2.05, 4.69) is 12.0 Å². The molecule has 0 saturated carbocycles. The maximum absolute atomic E-state index is 12.4. The summed E-state index contributed by atoms with van der Waals surface area (Å²) in [5.74, 6) is 0.468. The van der Waals surface area contributed by atoms with Crippen molar-refractivity contribution in [2.75, 3.05) is 5.73 Å². The third-order valence-corrected chi connectivity index (χ3v) is 4.51. The lowest BCUT2D eigenvalue weighted by Crippen LogP contribution is -2.03. The number of aryl methyl sites for hydroxylation is 1. The second-order valence-electron chi connectivity index (χ2n) is 6.20. The minimum Gasteiger partial charge on any atom is -0.420 e. The highest BCUT2D eigenvalue weighted by Gasteiger charge is 2.20. The largest absolute Gasteiger partial charge is 0.420 e. The summed E-state index contributed by atoms with van der Waals surface area (Å²) in [6.45, 7) is 3.00. The number of nitrogens with two attached hydrogens (primary N) is 1. The molecule has 0 atom stereocenters. The van der Waals surface area contributed by atoms with Crippen molar-refractivity contribution in [1.82, 2.24) is 14.8 Å². The van der Waals surface area contributed by atoms with Gasteiger partial charge in [0.25, 0.3) is 0 Å². The van der Waals surface area contributed by atoms with Crippen molar-refractivity contribution >= 4 is 27.6 Å². The Morgan fingerprint density at radius 1 is 1.24 bits per heavy atom. The summed E-state index contributed by atoms with van der Waals surface area (Å²) in [6, 6.07) is 9.51. The Labute approximate surface area is 144 Å². The number of hydrogen-bond acceptors (Lipinski definition) is 4. The number of hydrogen-bond donors (Lipinski definition) is 2. The van der Waals surface area contributed by atoms with E-state index >= 15 is 0 Å². The van der Waals surface area contributed by atoms with Gasteiger partial charge in [-0.1, -0.05) is 50.1 Å². The number of fused-ring (bicyclic) bond motifs is 2. The minimum atomic E-state index is -0.445. The number of nitrogens with zero attached hydrogens (tertiary/aromatic N) is 2. The van der Waals surface area contributed by atoms with E-state index in [0.717, 1.165) is 42.4 Å². The van der Waals surface area contributed by atoms with E-state index in [1.807, 2.05) is 35.0 Å². The third-order valence-electron chi connectivity index (χ3n) is 4.51. The highest BCUT2D eigenvalue weighted by molar-refractivity contribution is 6.08. The summed E-state index contributed by atoms with van der Waals surface area (Å²) in [5, 5.41) is 4.30. The third kappa shape index (κ3) is 2.50. The predicted octanol–water partition coefficient (Wildman–Crippen LogP) is 3.91. The molecule has 25 heavy (non-hydrogen) atoms. The lowest BCUT2D eigenvalue weighted by Gasteiger charge is -2.05. The van der Waals surface area contributed by atoms with Crippen LogP contribution in [0.15, 0.2) is 45.7 Å². The molecule has 4 rings (SSSR count). The van der Waals surface area contributed by atoms with Crippen LogP contribution < -0.4 is 11.4 Å². The zero-order valence-corrected chi connectivity index (χ0v) is 14.1. The van der Waals surface area contributed by atoms with E-state index in [1.54, 1.807) is 6.20 Å². The van der Waals surface area contributed by atoms with Crippen LogP contribution in [0, 0.1) is 0 Å². The van der Waals surface area contributed by atoms with E-state index in [9.17, 15) is 4.79 Å². The first-order valence-corrected chi connectivity index (χ1v) is 8.56. The van der Waals surface area contributed by atoms with Crippen LogP contribution in [0.1, 0.15) is 26.2 Å². The SMILES string of the molecule is CCCCCn1[nH]cc2c(N)c3c(=O)oc(-c4ccccc4)c3nc21. The maximum atomic E-state index is 12.4. The molecule has 0 fully saturated rings. The topological polar surface area (TPSA) is 89.8 Å². The Kier molecular flexibility index (Phi) is 3.80. The summed E-state index contributed by atoms with van der Waals surface area (Å²) in [7, 11) is 0. The summed E-state index contributed by atoms with van der Waals surface area (Å²) < 4.78 is 7.47. The number of benzene rings is 1. The highest BCUT2D eigenvalue weighted by Crippen LogP contribution is 2.33. The molecule has 3 aromatic heterocycles. The predicted molar refractivity (Wildman–Crippen MR) is 99.5 cm³/mol. The van der Waals surface area contributed by atoms with Gasteiger partial charge < -0.3 is 15.2 Å². The number of nitrogens with one attached hydrogen (secondary N) is 1. The van der Waals surface area contributed by atoms with Gasteiger partial charge in [0.2, 0.25) is 0 Å². The van der Waals surface area contributed by atoms with Crippen molar-refractivity contribution in [3.8, 4) is 11.3 Å². The molecule has 128 valence electrons. The fourth-order valence-corrected chi connectivity index (χ4v) is 3.19. The Bertz CT molecular complexity index is 1090. The Hall–Kier alpha value is -3.02. The van der Waals surface area contributed by atoms with Gasteiger partial charge >= 0.3 is 5.63 Å². The second kappa shape index (κ2) is 6.12. The lowest BCUT2D eigenvalue weighted by atomic mass is 10.1. The van der Waals surface area contributed by atoms with Crippen LogP contribution >= 0.6 is 0 Å². The van der Waals surface area contributed by atoms with Gasteiger partial charge in [0.15, 0.2) is 11.4 Å². The van der Waals surface area contributed by atoms with E-state index in [4.69, 9.17) is 15.1 Å².